The van der Waals surface area contributed by atoms with Crippen LogP contribution in [0.4, 0.5) is 4.79 Å². The Morgan fingerprint density at radius 1 is 1.73 bits per heavy atom. The van der Waals surface area contributed by atoms with Crippen molar-refractivity contribution in [3.8, 4) is 12.3 Å². The van der Waals surface area contributed by atoms with Crippen LogP contribution in [0.1, 0.15) is 0 Å². The standard InChI is InChI=1S/C6H5Cl2NO2/c1-2-3-11-6(10)9-4-5(7)8/h1,4H,3H2,(H,9,10). The van der Waals surface area contributed by atoms with E-state index in [1.54, 1.807) is 0 Å². The quantitative estimate of drug-likeness (QED) is 0.678. The van der Waals surface area contributed by atoms with E-state index in [4.69, 9.17) is 29.6 Å². The Balaban J connectivity index is 3.55. The van der Waals surface area contributed by atoms with Crippen molar-refractivity contribution in [3.05, 3.63) is 10.7 Å². The van der Waals surface area contributed by atoms with Crippen LogP contribution >= 0.6 is 23.2 Å². The van der Waals surface area contributed by atoms with Crippen molar-refractivity contribution in [1.82, 2.24) is 5.32 Å². The highest BCUT2D eigenvalue weighted by molar-refractivity contribution is 6.55. The molecule has 3 nitrogen and oxygen atoms in total. The molecule has 0 bridgehead atoms. The largest absolute Gasteiger partial charge is 0.436 e. The van der Waals surface area contributed by atoms with Gasteiger partial charge in [0.1, 0.15) is 4.49 Å². The molecule has 0 atom stereocenters. The second-order valence-electron chi connectivity index (χ2n) is 1.36. The molecule has 0 aromatic rings. The first-order chi connectivity index (χ1) is 5.16. The molecule has 1 amide bonds. The second-order valence-corrected chi connectivity index (χ2v) is 2.37. The van der Waals surface area contributed by atoms with E-state index in [2.05, 4.69) is 16.0 Å². The number of hydrogen-bond acceptors (Lipinski definition) is 2. The van der Waals surface area contributed by atoms with E-state index < -0.39 is 6.09 Å². The average Bonchev–Trinajstić information content (AvgIpc) is 1.97. The molecular formula is C6H5Cl2NO2. The van der Waals surface area contributed by atoms with Crippen LogP contribution in [0, 0.1) is 12.3 Å². The molecule has 0 saturated heterocycles. The summed E-state index contributed by atoms with van der Waals surface area (Å²) < 4.78 is 4.33. The summed E-state index contributed by atoms with van der Waals surface area (Å²) in [7, 11) is 0. The van der Waals surface area contributed by atoms with Crippen LogP contribution in [0.2, 0.25) is 0 Å². The number of rotatable bonds is 2. The third-order valence-corrected chi connectivity index (χ3v) is 0.804. The molecule has 0 spiro atoms. The lowest BCUT2D eigenvalue weighted by atomic mass is 10.7. The van der Waals surface area contributed by atoms with E-state index in [0.29, 0.717) is 0 Å². The van der Waals surface area contributed by atoms with Gasteiger partial charge in [-0.05, 0) is 0 Å². The molecule has 0 aromatic carbocycles. The van der Waals surface area contributed by atoms with E-state index >= 15 is 0 Å². The summed E-state index contributed by atoms with van der Waals surface area (Å²) in [6.07, 6.45) is 5.20. The van der Waals surface area contributed by atoms with Crippen LogP contribution in [0.3, 0.4) is 0 Å². The van der Waals surface area contributed by atoms with E-state index in [-0.39, 0.29) is 11.1 Å². The van der Waals surface area contributed by atoms with E-state index in [1.807, 2.05) is 0 Å². The SMILES string of the molecule is C#CCOC(=O)NC=C(Cl)Cl. The smallest absolute Gasteiger partial charge is 0.412 e. The molecule has 60 valence electrons. The van der Waals surface area contributed by atoms with E-state index in [1.165, 1.54) is 0 Å². The van der Waals surface area contributed by atoms with Crippen molar-refractivity contribution >= 4 is 29.3 Å². The normalized spacial score (nSPS) is 7.73. The fraction of sp³-hybridized carbons (Fsp3) is 0.167. The minimum absolute atomic E-state index is 0.0670. The van der Waals surface area contributed by atoms with Crippen LogP contribution in [-0.4, -0.2) is 12.7 Å². The van der Waals surface area contributed by atoms with Gasteiger partial charge in [-0.15, -0.1) is 6.42 Å². The van der Waals surface area contributed by atoms with Gasteiger partial charge >= 0.3 is 6.09 Å². The van der Waals surface area contributed by atoms with Gasteiger partial charge in [0.2, 0.25) is 0 Å². The Morgan fingerprint density at radius 3 is 2.82 bits per heavy atom. The lowest BCUT2D eigenvalue weighted by Crippen LogP contribution is -2.18. The first kappa shape index (κ1) is 10.2. The predicted octanol–water partition coefficient (Wildman–Crippen LogP) is 1.62. The van der Waals surface area contributed by atoms with Crippen molar-refractivity contribution in [1.29, 1.82) is 0 Å². The van der Waals surface area contributed by atoms with Crippen LogP contribution in [-0.2, 0) is 4.74 Å². The maximum Gasteiger partial charge on any atom is 0.412 e. The Hall–Kier alpha value is -0.850. The molecule has 0 saturated carbocycles. The Morgan fingerprint density at radius 2 is 2.36 bits per heavy atom. The average molecular weight is 194 g/mol. The van der Waals surface area contributed by atoms with Crippen LogP contribution in [0.15, 0.2) is 10.7 Å². The van der Waals surface area contributed by atoms with Crippen molar-refractivity contribution in [2.24, 2.45) is 0 Å². The monoisotopic (exact) mass is 193 g/mol. The molecule has 11 heavy (non-hydrogen) atoms. The molecule has 0 heterocycles. The first-order valence-electron chi connectivity index (χ1n) is 2.54. The van der Waals surface area contributed by atoms with Gasteiger partial charge in [0.05, 0.1) is 0 Å². The summed E-state index contributed by atoms with van der Waals surface area (Å²) >= 11 is 10.3. The Bertz CT molecular complexity index is 203. The Labute approximate surface area is 74.3 Å². The number of nitrogens with one attached hydrogen (secondary N) is 1. The number of alkyl carbamates (subject to hydrolysis) is 1. The number of hydrogen-bond donors (Lipinski definition) is 1. The molecular weight excluding hydrogens is 189 g/mol. The number of halogens is 2. The number of carbonyl (C=O) groups excluding carboxylic acids is 1. The predicted molar refractivity (Wildman–Crippen MR) is 43.1 cm³/mol. The fourth-order valence-corrected chi connectivity index (χ4v) is 0.371. The molecule has 0 aliphatic rings. The third-order valence-electron chi connectivity index (χ3n) is 0.586. The Kier molecular flexibility index (Phi) is 5.44. The van der Waals surface area contributed by atoms with E-state index in [9.17, 15) is 4.79 Å². The highest BCUT2D eigenvalue weighted by Gasteiger charge is 1.95. The fourth-order valence-electron chi connectivity index (χ4n) is 0.262. The molecule has 0 aliphatic carbocycles. The summed E-state index contributed by atoms with van der Waals surface area (Å²) in [5.41, 5.74) is 0. The zero-order valence-electron chi connectivity index (χ0n) is 5.43. The summed E-state index contributed by atoms with van der Waals surface area (Å²) in [5.74, 6) is 2.12. The molecule has 1 N–H and O–H groups in total. The highest BCUT2D eigenvalue weighted by Crippen LogP contribution is 2.03. The minimum atomic E-state index is -0.693. The zero-order chi connectivity index (χ0) is 8.69. The molecule has 0 unspecified atom stereocenters. The van der Waals surface area contributed by atoms with Gasteiger partial charge in [0.15, 0.2) is 6.61 Å². The summed E-state index contributed by atoms with van der Waals surface area (Å²) in [6, 6.07) is 0. The third kappa shape index (κ3) is 7.04. The molecule has 0 fully saturated rings. The van der Waals surface area contributed by atoms with Crippen LogP contribution in [0.25, 0.3) is 0 Å². The number of carbonyl (C=O) groups is 1. The molecule has 0 aromatic heterocycles. The van der Waals surface area contributed by atoms with Gasteiger partial charge in [0, 0.05) is 6.20 Å². The van der Waals surface area contributed by atoms with Gasteiger partial charge in [-0.3, -0.25) is 5.32 Å². The van der Waals surface area contributed by atoms with Crippen molar-refractivity contribution in [3.63, 3.8) is 0 Å². The second kappa shape index (κ2) is 5.90. The lowest BCUT2D eigenvalue weighted by molar-refractivity contribution is 0.164. The van der Waals surface area contributed by atoms with Crippen LogP contribution < -0.4 is 5.32 Å². The summed E-state index contributed by atoms with van der Waals surface area (Å²) in [5, 5.41) is 2.13. The number of terminal acetylenes is 1. The number of ether oxygens (including phenoxy) is 1. The molecule has 0 aliphatic heterocycles. The van der Waals surface area contributed by atoms with Gasteiger partial charge < -0.3 is 4.74 Å². The van der Waals surface area contributed by atoms with Crippen LogP contribution in [0.5, 0.6) is 0 Å². The van der Waals surface area contributed by atoms with Gasteiger partial charge in [0.25, 0.3) is 0 Å². The van der Waals surface area contributed by atoms with Crippen molar-refractivity contribution in [2.75, 3.05) is 6.61 Å². The topological polar surface area (TPSA) is 38.3 Å². The maximum atomic E-state index is 10.5. The van der Waals surface area contributed by atoms with Crippen molar-refractivity contribution in [2.45, 2.75) is 0 Å². The molecule has 0 radical (unpaired) electrons. The first-order valence-corrected chi connectivity index (χ1v) is 3.30. The minimum Gasteiger partial charge on any atom is -0.436 e. The van der Waals surface area contributed by atoms with Crippen molar-refractivity contribution < 1.29 is 9.53 Å². The molecule has 0 rings (SSSR count). The molecule has 5 heteroatoms. The zero-order valence-corrected chi connectivity index (χ0v) is 6.95. The van der Waals surface area contributed by atoms with E-state index in [0.717, 1.165) is 6.20 Å². The number of amides is 1. The summed E-state index contributed by atoms with van der Waals surface area (Å²) in [4.78, 5) is 10.5. The maximum absolute atomic E-state index is 10.5. The van der Waals surface area contributed by atoms with Gasteiger partial charge in [-0.1, -0.05) is 29.1 Å². The highest BCUT2D eigenvalue weighted by atomic mass is 35.5. The van der Waals surface area contributed by atoms with Gasteiger partial charge in [-0.2, -0.15) is 0 Å². The van der Waals surface area contributed by atoms with Gasteiger partial charge in [-0.25, -0.2) is 4.79 Å². The summed E-state index contributed by atoms with van der Waals surface area (Å²) in [6.45, 7) is -0.0838. The lowest BCUT2D eigenvalue weighted by Gasteiger charge is -1.97.